The highest BCUT2D eigenvalue weighted by atomic mass is 32.1. The van der Waals surface area contributed by atoms with Crippen LogP contribution in [0.2, 0.25) is 0 Å². The molecule has 2 N–H and O–H groups in total. The maximum Gasteiger partial charge on any atom is 0.416 e. The van der Waals surface area contributed by atoms with Gasteiger partial charge in [0.1, 0.15) is 0 Å². The van der Waals surface area contributed by atoms with Crippen LogP contribution in [0, 0.1) is 0 Å². The number of aromatic nitrogens is 1. The van der Waals surface area contributed by atoms with Gasteiger partial charge in [0.15, 0.2) is 5.13 Å². The summed E-state index contributed by atoms with van der Waals surface area (Å²) < 4.78 is 43.4. The van der Waals surface area contributed by atoms with E-state index in [1.54, 1.807) is 18.2 Å². The quantitative estimate of drug-likeness (QED) is 0.628. The first-order valence-corrected chi connectivity index (χ1v) is 8.32. The minimum Gasteiger partial charge on any atom is -0.465 e. The number of carbonyl (C=O) groups is 2. The number of methoxy groups -OCH3 is 1. The summed E-state index contributed by atoms with van der Waals surface area (Å²) in [6, 6.07) is 8.28. The first kappa shape index (κ1) is 18.6. The molecule has 2 amide bonds. The Labute approximate surface area is 155 Å². The number of amides is 2. The summed E-state index contributed by atoms with van der Waals surface area (Å²) in [5.74, 6) is -0.498. The topological polar surface area (TPSA) is 80.3 Å². The average Bonchev–Trinajstić information content (AvgIpc) is 3.01. The molecule has 1 aromatic heterocycles. The van der Waals surface area contributed by atoms with E-state index in [2.05, 4.69) is 20.4 Å². The summed E-state index contributed by atoms with van der Waals surface area (Å²) in [6.45, 7) is 0. The molecule has 0 spiro atoms. The molecule has 3 rings (SSSR count). The smallest absolute Gasteiger partial charge is 0.416 e. The maximum absolute atomic E-state index is 12.7. The van der Waals surface area contributed by atoms with Crippen LogP contribution in [0.1, 0.15) is 15.9 Å². The van der Waals surface area contributed by atoms with Crippen molar-refractivity contribution in [2.75, 3.05) is 17.7 Å². The molecule has 0 aliphatic rings. The van der Waals surface area contributed by atoms with Crippen LogP contribution in [0.15, 0.2) is 42.5 Å². The fourth-order valence-corrected chi connectivity index (χ4v) is 3.16. The first-order chi connectivity index (χ1) is 12.8. The van der Waals surface area contributed by atoms with E-state index in [4.69, 9.17) is 0 Å². The summed E-state index contributed by atoms with van der Waals surface area (Å²) in [7, 11) is 1.27. The molecule has 0 bridgehead atoms. The zero-order valence-electron chi connectivity index (χ0n) is 13.8. The lowest BCUT2D eigenvalue weighted by atomic mass is 10.2. The summed E-state index contributed by atoms with van der Waals surface area (Å²) in [4.78, 5) is 27.8. The number of alkyl halides is 3. The van der Waals surface area contributed by atoms with Crippen molar-refractivity contribution in [3.8, 4) is 0 Å². The van der Waals surface area contributed by atoms with Crippen molar-refractivity contribution in [2.24, 2.45) is 0 Å². The molecule has 0 atom stereocenters. The van der Waals surface area contributed by atoms with E-state index < -0.39 is 23.7 Å². The normalized spacial score (nSPS) is 11.3. The van der Waals surface area contributed by atoms with Crippen LogP contribution in [0.5, 0.6) is 0 Å². The number of urea groups is 1. The Hall–Kier alpha value is -3.14. The second-order valence-electron chi connectivity index (χ2n) is 5.35. The molecule has 0 aliphatic heterocycles. The highest BCUT2D eigenvalue weighted by Crippen LogP contribution is 2.31. The zero-order chi connectivity index (χ0) is 19.6. The van der Waals surface area contributed by atoms with Crippen molar-refractivity contribution in [1.29, 1.82) is 0 Å². The number of nitrogens with one attached hydrogen (secondary N) is 2. The molecule has 0 unspecified atom stereocenters. The molecule has 0 radical (unpaired) electrons. The summed E-state index contributed by atoms with van der Waals surface area (Å²) >= 11 is 1.11. The number of rotatable bonds is 3. The van der Waals surface area contributed by atoms with Crippen LogP contribution in [0.4, 0.5) is 28.8 Å². The lowest BCUT2D eigenvalue weighted by molar-refractivity contribution is -0.137. The van der Waals surface area contributed by atoms with E-state index in [1.165, 1.54) is 19.2 Å². The van der Waals surface area contributed by atoms with E-state index in [9.17, 15) is 22.8 Å². The van der Waals surface area contributed by atoms with Gasteiger partial charge in [-0.05, 0) is 36.4 Å². The Morgan fingerprint density at radius 1 is 1.11 bits per heavy atom. The predicted octanol–water partition coefficient (Wildman–Crippen LogP) is 4.75. The van der Waals surface area contributed by atoms with Crippen molar-refractivity contribution < 1.29 is 27.5 Å². The molecule has 10 heteroatoms. The Bertz CT molecular complexity index is 1020. The van der Waals surface area contributed by atoms with Gasteiger partial charge < -0.3 is 10.1 Å². The summed E-state index contributed by atoms with van der Waals surface area (Å²) in [6.07, 6.45) is -4.50. The molecule has 140 valence electrons. The zero-order valence-corrected chi connectivity index (χ0v) is 14.6. The molecule has 2 aromatic carbocycles. The molecule has 6 nitrogen and oxygen atoms in total. The van der Waals surface area contributed by atoms with Crippen LogP contribution in [-0.4, -0.2) is 24.1 Å². The van der Waals surface area contributed by atoms with Gasteiger partial charge in [0.25, 0.3) is 0 Å². The molecule has 0 fully saturated rings. The number of fused-ring (bicyclic) bond motifs is 1. The molecule has 0 aliphatic carbocycles. The third kappa shape index (κ3) is 4.34. The molecule has 27 heavy (non-hydrogen) atoms. The van der Waals surface area contributed by atoms with Crippen molar-refractivity contribution in [3.63, 3.8) is 0 Å². The highest BCUT2D eigenvalue weighted by molar-refractivity contribution is 7.22. The van der Waals surface area contributed by atoms with E-state index >= 15 is 0 Å². The number of thiazole rings is 1. The predicted molar refractivity (Wildman–Crippen MR) is 95.0 cm³/mol. The van der Waals surface area contributed by atoms with E-state index in [-0.39, 0.29) is 10.8 Å². The van der Waals surface area contributed by atoms with Crippen LogP contribution >= 0.6 is 11.3 Å². The molecule has 1 heterocycles. The van der Waals surface area contributed by atoms with Gasteiger partial charge in [-0.15, -0.1) is 0 Å². The molecule has 0 saturated heterocycles. The van der Waals surface area contributed by atoms with E-state index in [0.29, 0.717) is 15.8 Å². The van der Waals surface area contributed by atoms with Crippen LogP contribution in [-0.2, 0) is 10.9 Å². The second-order valence-corrected chi connectivity index (χ2v) is 6.38. The second kappa shape index (κ2) is 7.23. The summed E-state index contributed by atoms with van der Waals surface area (Å²) in [5, 5.41) is 5.02. The SMILES string of the molecule is COC(=O)c1ccc2nc(NC(=O)Nc3cccc(C(F)(F)F)c3)sc2c1. The monoisotopic (exact) mass is 395 g/mol. The number of halogens is 3. The molecule has 3 aromatic rings. The van der Waals surface area contributed by atoms with Gasteiger partial charge in [0, 0.05) is 5.69 Å². The van der Waals surface area contributed by atoms with Crippen molar-refractivity contribution in [2.45, 2.75) is 6.18 Å². The molecular weight excluding hydrogens is 383 g/mol. The van der Waals surface area contributed by atoms with Gasteiger partial charge >= 0.3 is 18.2 Å². The Kier molecular flexibility index (Phi) is 5.00. The van der Waals surface area contributed by atoms with Crippen LogP contribution < -0.4 is 10.6 Å². The Morgan fingerprint density at radius 2 is 1.89 bits per heavy atom. The Balaban J connectivity index is 1.73. The number of benzene rings is 2. The Morgan fingerprint density at radius 3 is 2.59 bits per heavy atom. The molecule has 0 saturated carbocycles. The fourth-order valence-electron chi connectivity index (χ4n) is 2.26. The van der Waals surface area contributed by atoms with E-state index in [0.717, 1.165) is 23.5 Å². The van der Waals surface area contributed by atoms with Gasteiger partial charge in [-0.1, -0.05) is 17.4 Å². The number of ether oxygens (including phenoxy) is 1. The summed E-state index contributed by atoms with van der Waals surface area (Å²) in [5.41, 5.74) is 0.0303. The van der Waals surface area contributed by atoms with Gasteiger partial charge in [-0.2, -0.15) is 13.2 Å². The minimum absolute atomic E-state index is 0.00332. The lowest BCUT2D eigenvalue weighted by Crippen LogP contribution is -2.19. The van der Waals surface area contributed by atoms with Gasteiger partial charge in [0.2, 0.25) is 0 Å². The minimum atomic E-state index is -4.50. The number of carbonyl (C=O) groups excluding carboxylic acids is 2. The largest absolute Gasteiger partial charge is 0.465 e. The maximum atomic E-state index is 12.7. The van der Waals surface area contributed by atoms with Gasteiger partial charge in [0.05, 0.1) is 28.5 Å². The number of nitrogens with zero attached hydrogens (tertiary/aromatic N) is 1. The van der Waals surface area contributed by atoms with Crippen LogP contribution in [0.25, 0.3) is 10.2 Å². The third-order valence-corrected chi connectivity index (χ3v) is 4.41. The first-order valence-electron chi connectivity index (χ1n) is 7.50. The number of esters is 1. The fraction of sp³-hybridized carbons (Fsp3) is 0.118. The van der Waals surface area contributed by atoms with Crippen molar-refractivity contribution in [1.82, 2.24) is 4.98 Å². The number of hydrogen-bond donors (Lipinski definition) is 2. The van der Waals surface area contributed by atoms with Crippen molar-refractivity contribution in [3.05, 3.63) is 53.6 Å². The van der Waals surface area contributed by atoms with Gasteiger partial charge in [-0.3, -0.25) is 5.32 Å². The van der Waals surface area contributed by atoms with Gasteiger partial charge in [-0.25, -0.2) is 14.6 Å². The number of hydrogen-bond acceptors (Lipinski definition) is 5. The third-order valence-electron chi connectivity index (χ3n) is 3.48. The number of anilines is 2. The van der Waals surface area contributed by atoms with Crippen LogP contribution in [0.3, 0.4) is 0 Å². The van der Waals surface area contributed by atoms with E-state index in [1.807, 2.05) is 0 Å². The average molecular weight is 395 g/mol. The molecular formula is C17H12F3N3O3S. The highest BCUT2D eigenvalue weighted by Gasteiger charge is 2.30. The van der Waals surface area contributed by atoms with Crippen molar-refractivity contribution >= 4 is 44.4 Å². The lowest BCUT2D eigenvalue weighted by Gasteiger charge is -2.09. The standard InChI is InChI=1S/C17H12F3N3O3S/c1-26-14(24)9-5-6-12-13(7-9)27-16(22-12)23-15(25)21-11-4-2-3-10(8-11)17(18,19)20/h2-8H,1H3,(H2,21,22,23,25).